The first-order valence-electron chi connectivity index (χ1n) is 5.97. The average molecular weight is 256 g/mol. The highest BCUT2D eigenvalue weighted by molar-refractivity contribution is 5.45. The summed E-state index contributed by atoms with van der Waals surface area (Å²) in [6, 6.07) is 0.429. The predicted molar refractivity (Wildman–Crippen MR) is 67.9 cm³/mol. The van der Waals surface area contributed by atoms with Crippen LogP contribution in [0.15, 0.2) is 0 Å². The van der Waals surface area contributed by atoms with Gasteiger partial charge in [-0.15, -0.1) is 0 Å². The number of hydrogen-bond acceptors (Lipinski definition) is 5. The first-order chi connectivity index (χ1) is 8.43. The van der Waals surface area contributed by atoms with Crippen molar-refractivity contribution in [3.05, 3.63) is 15.8 Å². The Balaban J connectivity index is 2.54. The summed E-state index contributed by atoms with van der Waals surface area (Å²) in [5, 5.41) is 18.1. The number of nitrogens with zero attached hydrogens (tertiary/aromatic N) is 3. The molecule has 1 N–H and O–H groups in total. The summed E-state index contributed by atoms with van der Waals surface area (Å²) in [6.07, 6.45) is 0.791. The first-order valence-corrected chi connectivity index (χ1v) is 5.97. The summed E-state index contributed by atoms with van der Waals surface area (Å²) in [7, 11) is 1.64. The Morgan fingerprint density at radius 3 is 2.78 bits per heavy atom. The van der Waals surface area contributed by atoms with Crippen LogP contribution in [0.5, 0.6) is 5.88 Å². The van der Waals surface area contributed by atoms with Crippen LogP contribution >= 0.6 is 0 Å². The largest absolute Gasteiger partial charge is 0.473 e. The Bertz CT molecular complexity index is 415. The molecule has 7 nitrogen and oxygen atoms in total. The standard InChI is InChI=1S/C11H20N4O3/c1-8(2)12-6-5-7-18-11-10(15(16)17)9(3)13-14(11)4/h8,12H,5-7H2,1-4H3. The van der Waals surface area contributed by atoms with Gasteiger partial charge in [0, 0.05) is 13.1 Å². The Kier molecular flexibility index (Phi) is 5.08. The molecule has 1 rings (SSSR count). The zero-order valence-electron chi connectivity index (χ0n) is 11.3. The van der Waals surface area contributed by atoms with Crippen molar-refractivity contribution in [2.45, 2.75) is 33.2 Å². The number of hydrogen-bond donors (Lipinski definition) is 1. The summed E-state index contributed by atoms with van der Waals surface area (Å²) in [5.41, 5.74) is 0.326. The second kappa shape index (κ2) is 6.34. The zero-order valence-corrected chi connectivity index (χ0v) is 11.3. The summed E-state index contributed by atoms with van der Waals surface area (Å²) in [4.78, 5) is 10.4. The minimum atomic E-state index is -0.454. The van der Waals surface area contributed by atoms with Gasteiger partial charge in [-0.25, -0.2) is 4.68 Å². The van der Waals surface area contributed by atoms with Crippen molar-refractivity contribution >= 4 is 5.69 Å². The second-order valence-corrected chi connectivity index (χ2v) is 4.43. The van der Waals surface area contributed by atoms with Crippen molar-refractivity contribution in [1.29, 1.82) is 0 Å². The normalized spacial score (nSPS) is 10.9. The molecule has 0 amide bonds. The molecule has 0 aromatic carbocycles. The van der Waals surface area contributed by atoms with Gasteiger partial charge >= 0.3 is 5.69 Å². The molecule has 0 unspecified atom stereocenters. The van der Waals surface area contributed by atoms with Crippen LogP contribution in [0, 0.1) is 17.0 Å². The minimum absolute atomic E-state index is 0.0469. The van der Waals surface area contributed by atoms with Crippen LogP contribution in [0.2, 0.25) is 0 Å². The number of nitrogens with one attached hydrogen (secondary N) is 1. The van der Waals surface area contributed by atoms with Gasteiger partial charge in [-0.3, -0.25) is 10.1 Å². The zero-order chi connectivity index (χ0) is 13.7. The molecule has 0 fully saturated rings. The number of nitro groups is 1. The third-order valence-electron chi connectivity index (χ3n) is 2.43. The average Bonchev–Trinajstić information content (AvgIpc) is 2.52. The fraction of sp³-hybridized carbons (Fsp3) is 0.727. The highest BCUT2D eigenvalue weighted by atomic mass is 16.6. The van der Waals surface area contributed by atoms with E-state index in [-0.39, 0.29) is 11.6 Å². The van der Waals surface area contributed by atoms with Crippen molar-refractivity contribution < 1.29 is 9.66 Å². The van der Waals surface area contributed by atoms with Gasteiger partial charge in [0.15, 0.2) is 0 Å². The predicted octanol–water partition coefficient (Wildman–Crippen LogP) is 1.40. The van der Waals surface area contributed by atoms with Gasteiger partial charge in [0.05, 0.1) is 11.5 Å². The van der Waals surface area contributed by atoms with E-state index in [9.17, 15) is 10.1 Å². The van der Waals surface area contributed by atoms with E-state index in [1.807, 2.05) is 0 Å². The van der Waals surface area contributed by atoms with E-state index >= 15 is 0 Å². The number of ether oxygens (including phenoxy) is 1. The molecule has 0 saturated carbocycles. The van der Waals surface area contributed by atoms with Crippen molar-refractivity contribution in [2.24, 2.45) is 7.05 Å². The fourth-order valence-electron chi connectivity index (χ4n) is 1.63. The van der Waals surface area contributed by atoms with Gasteiger partial charge in [-0.1, -0.05) is 13.8 Å². The lowest BCUT2D eigenvalue weighted by molar-refractivity contribution is -0.386. The fourth-order valence-corrected chi connectivity index (χ4v) is 1.63. The van der Waals surface area contributed by atoms with Crippen LogP contribution in [-0.4, -0.2) is 33.9 Å². The molecular formula is C11H20N4O3. The van der Waals surface area contributed by atoms with Gasteiger partial charge in [-0.2, -0.15) is 5.10 Å². The molecular weight excluding hydrogens is 236 g/mol. The monoisotopic (exact) mass is 256 g/mol. The van der Waals surface area contributed by atoms with Crippen LogP contribution in [-0.2, 0) is 7.05 Å². The minimum Gasteiger partial charge on any atom is -0.473 e. The summed E-state index contributed by atoms with van der Waals surface area (Å²) in [5.74, 6) is 0.224. The van der Waals surface area contributed by atoms with Crippen LogP contribution < -0.4 is 10.1 Å². The van der Waals surface area contributed by atoms with E-state index in [4.69, 9.17) is 4.74 Å². The van der Waals surface area contributed by atoms with Crippen LogP contribution in [0.25, 0.3) is 0 Å². The third-order valence-corrected chi connectivity index (χ3v) is 2.43. The molecule has 1 aromatic rings. The van der Waals surface area contributed by atoms with E-state index < -0.39 is 4.92 Å². The van der Waals surface area contributed by atoms with E-state index in [0.717, 1.165) is 13.0 Å². The molecule has 7 heteroatoms. The van der Waals surface area contributed by atoms with Gasteiger partial charge in [-0.05, 0) is 19.9 Å². The molecule has 0 spiro atoms. The van der Waals surface area contributed by atoms with Crippen LogP contribution in [0.1, 0.15) is 26.0 Å². The molecule has 0 saturated heterocycles. The lowest BCUT2D eigenvalue weighted by Gasteiger charge is -2.08. The van der Waals surface area contributed by atoms with E-state index in [1.165, 1.54) is 4.68 Å². The molecule has 0 atom stereocenters. The van der Waals surface area contributed by atoms with E-state index in [2.05, 4.69) is 24.3 Å². The number of aromatic nitrogens is 2. The maximum atomic E-state index is 10.9. The van der Waals surface area contributed by atoms with Crippen molar-refractivity contribution in [2.75, 3.05) is 13.2 Å². The van der Waals surface area contributed by atoms with E-state index in [0.29, 0.717) is 18.3 Å². The maximum absolute atomic E-state index is 10.9. The van der Waals surface area contributed by atoms with E-state index in [1.54, 1.807) is 14.0 Å². The first kappa shape index (κ1) is 14.4. The Hall–Kier alpha value is -1.63. The molecule has 1 heterocycles. The maximum Gasteiger partial charge on any atom is 0.353 e. The van der Waals surface area contributed by atoms with Crippen molar-refractivity contribution in [3.8, 4) is 5.88 Å². The lowest BCUT2D eigenvalue weighted by atomic mass is 10.3. The third kappa shape index (κ3) is 3.69. The highest BCUT2D eigenvalue weighted by Gasteiger charge is 2.25. The van der Waals surface area contributed by atoms with Gasteiger partial charge in [0.2, 0.25) is 0 Å². The molecule has 102 valence electrons. The summed E-state index contributed by atoms with van der Waals surface area (Å²) in [6.45, 7) is 6.99. The van der Waals surface area contributed by atoms with Crippen molar-refractivity contribution in [3.63, 3.8) is 0 Å². The quantitative estimate of drug-likeness (QED) is 0.453. The van der Waals surface area contributed by atoms with Gasteiger partial charge < -0.3 is 10.1 Å². The highest BCUT2D eigenvalue weighted by Crippen LogP contribution is 2.29. The number of rotatable bonds is 7. The summed E-state index contributed by atoms with van der Waals surface area (Å²) >= 11 is 0. The molecule has 0 aliphatic carbocycles. The van der Waals surface area contributed by atoms with Gasteiger partial charge in [0.1, 0.15) is 5.69 Å². The molecule has 0 bridgehead atoms. The molecule has 0 radical (unpaired) electrons. The SMILES string of the molecule is Cc1nn(C)c(OCCCNC(C)C)c1[N+](=O)[O-]. The topological polar surface area (TPSA) is 82.2 Å². The lowest BCUT2D eigenvalue weighted by Crippen LogP contribution is -2.25. The molecule has 18 heavy (non-hydrogen) atoms. The number of aryl methyl sites for hydroxylation is 2. The molecule has 1 aromatic heterocycles. The summed E-state index contributed by atoms with van der Waals surface area (Å²) < 4.78 is 6.86. The van der Waals surface area contributed by atoms with Crippen LogP contribution in [0.3, 0.4) is 0 Å². The second-order valence-electron chi connectivity index (χ2n) is 4.43. The molecule has 0 aliphatic heterocycles. The Morgan fingerprint density at radius 2 is 2.22 bits per heavy atom. The van der Waals surface area contributed by atoms with Crippen LogP contribution in [0.4, 0.5) is 5.69 Å². The Morgan fingerprint density at radius 1 is 1.56 bits per heavy atom. The van der Waals surface area contributed by atoms with Crippen molar-refractivity contribution in [1.82, 2.24) is 15.1 Å². The van der Waals surface area contributed by atoms with Gasteiger partial charge in [0.25, 0.3) is 5.88 Å². The smallest absolute Gasteiger partial charge is 0.353 e. The molecule has 0 aliphatic rings. The Labute approximate surface area is 106 Å².